The van der Waals surface area contributed by atoms with Gasteiger partial charge in [-0.3, -0.25) is 14.3 Å². The molecule has 0 bridgehead atoms. The molecule has 0 saturated carbocycles. The van der Waals surface area contributed by atoms with Crippen LogP contribution in [0.2, 0.25) is 0 Å². The molecule has 2 N–H and O–H groups in total. The molecule has 8 heteroatoms. The zero-order chi connectivity index (χ0) is 19.0. The maximum absolute atomic E-state index is 13.0. The SMILES string of the molecule is Cc1nc2ccc(C(=O)N3CCCn4nc(CCC(=O)O)cc4C3)cc2[nH]1. The molecular weight excluding hydrogens is 346 g/mol. The van der Waals surface area contributed by atoms with Crippen molar-refractivity contribution in [2.75, 3.05) is 6.54 Å². The number of hydrogen-bond donors (Lipinski definition) is 2. The number of carboxylic acid groups (broad SMARTS) is 1. The van der Waals surface area contributed by atoms with Crippen LogP contribution >= 0.6 is 0 Å². The van der Waals surface area contributed by atoms with Crippen LogP contribution in [0.15, 0.2) is 24.3 Å². The monoisotopic (exact) mass is 367 g/mol. The Hall–Kier alpha value is -3.16. The molecule has 0 spiro atoms. The average molecular weight is 367 g/mol. The summed E-state index contributed by atoms with van der Waals surface area (Å²) in [5.41, 5.74) is 4.04. The summed E-state index contributed by atoms with van der Waals surface area (Å²) in [5.74, 6) is -0.0347. The molecule has 0 saturated heterocycles. The second-order valence-electron chi connectivity index (χ2n) is 6.88. The fourth-order valence-corrected chi connectivity index (χ4v) is 3.51. The van der Waals surface area contributed by atoms with Crippen molar-refractivity contribution in [1.29, 1.82) is 0 Å². The molecule has 0 fully saturated rings. The third-order valence-electron chi connectivity index (χ3n) is 4.79. The van der Waals surface area contributed by atoms with Gasteiger partial charge in [0.15, 0.2) is 0 Å². The first kappa shape index (κ1) is 17.3. The van der Waals surface area contributed by atoms with Crippen molar-refractivity contribution in [3.63, 3.8) is 0 Å². The Kier molecular flexibility index (Phi) is 4.39. The van der Waals surface area contributed by atoms with Crippen LogP contribution in [0, 0.1) is 6.92 Å². The lowest BCUT2D eigenvalue weighted by molar-refractivity contribution is -0.136. The van der Waals surface area contributed by atoms with E-state index in [1.165, 1.54) is 0 Å². The molecule has 0 unspecified atom stereocenters. The van der Waals surface area contributed by atoms with Gasteiger partial charge in [-0.15, -0.1) is 0 Å². The number of nitrogens with one attached hydrogen (secondary N) is 1. The van der Waals surface area contributed by atoms with Crippen molar-refractivity contribution in [2.45, 2.75) is 39.3 Å². The summed E-state index contributed by atoms with van der Waals surface area (Å²) in [6, 6.07) is 7.43. The number of imidazole rings is 1. The third-order valence-corrected chi connectivity index (χ3v) is 4.79. The standard InChI is InChI=1S/C19H21N5O3/c1-12-20-16-5-3-13(9-17(16)21-12)19(27)23-7-2-8-24-15(11-23)10-14(22-24)4-6-18(25)26/h3,5,9-10H,2,4,6-8,11H2,1H3,(H,20,21)(H,25,26). The van der Waals surface area contributed by atoms with Gasteiger partial charge in [0.05, 0.1) is 35.4 Å². The van der Waals surface area contributed by atoms with Crippen molar-refractivity contribution in [3.05, 3.63) is 47.0 Å². The van der Waals surface area contributed by atoms with Crippen molar-refractivity contribution in [1.82, 2.24) is 24.6 Å². The van der Waals surface area contributed by atoms with Crippen LogP contribution in [0.5, 0.6) is 0 Å². The zero-order valence-electron chi connectivity index (χ0n) is 15.1. The highest BCUT2D eigenvalue weighted by Gasteiger charge is 2.22. The number of aromatic nitrogens is 4. The minimum atomic E-state index is -0.834. The Balaban J connectivity index is 1.54. The van der Waals surface area contributed by atoms with Gasteiger partial charge in [0.2, 0.25) is 0 Å². The molecule has 0 aliphatic carbocycles. The number of H-pyrrole nitrogens is 1. The van der Waals surface area contributed by atoms with E-state index >= 15 is 0 Å². The number of aliphatic carboxylic acids is 1. The van der Waals surface area contributed by atoms with Gasteiger partial charge in [-0.1, -0.05) is 0 Å². The van der Waals surface area contributed by atoms with E-state index in [1.54, 1.807) is 0 Å². The number of nitrogens with zero attached hydrogens (tertiary/aromatic N) is 4. The molecule has 3 aromatic rings. The van der Waals surface area contributed by atoms with Crippen LogP contribution < -0.4 is 0 Å². The molecule has 1 amide bonds. The highest BCUT2D eigenvalue weighted by molar-refractivity contribution is 5.97. The normalized spacial score (nSPS) is 14.2. The third kappa shape index (κ3) is 3.55. The molecule has 1 aliphatic rings. The van der Waals surface area contributed by atoms with Gasteiger partial charge in [0.1, 0.15) is 5.82 Å². The predicted octanol–water partition coefficient (Wildman–Crippen LogP) is 2.13. The van der Waals surface area contributed by atoms with Crippen LogP contribution in [0.4, 0.5) is 0 Å². The zero-order valence-corrected chi connectivity index (χ0v) is 15.1. The summed E-state index contributed by atoms with van der Waals surface area (Å²) in [6.45, 7) is 3.75. The predicted molar refractivity (Wildman–Crippen MR) is 98.4 cm³/mol. The smallest absolute Gasteiger partial charge is 0.303 e. The van der Waals surface area contributed by atoms with Gasteiger partial charge in [-0.2, -0.15) is 5.10 Å². The van der Waals surface area contributed by atoms with Gasteiger partial charge in [0, 0.05) is 25.1 Å². The molecular formula is C19H21N5O3. The molecule has 3 heterocycles. The quantitative estimate of drug-likeness (QED) is 0.735. The second kappa shape index (κ2) is 6.86. The van der Waals surface area contributed by atoms with Gasteiger partial charge in [0.25, 0.3) is 5.91 Å². The van der Waals surface area contributed by atoms with Crippen molar-refractivity contribution in [2.24, 2.45) is 0 Å². The van der Waals surface area contributed by atoms with Crippen LogP contribution in [-0.4, -0.2) is 48.2 Å². The number of carboxylic acids is 1. The number of benzene rings is 1. The highest BCUT2D eigenvalue weighted by Crippen LogP contribution is 2.19. The molecule has 0 radical (unpaired) electrons. The van der Waals surface area contributed by atoms with Gasteiger partial charge in [-0.25, -0.2) is 4.98 Å². The van der Waals surface area contributed by atoms with E-state index in [9.17, 15) is 9.59 Å². The Bertz CT molecular complexity index is 1020. The van der Waals surface area contributed by atoms with E-state index in [0.29, 0.717) is 25.1 Å². The first-order valence-corrected chi connectivity index (χ1v) is 9.02. The first-order valence-electron chi connectivity index (χ1n) is 9.02. The Morgan fingerprint density at radius 3 is 2.93 bits per heavy atom. The second-order valence-corrected chi connectivity index (χ2v) is 6.88. The molecule has 1 aromatic carbocycles. The summed E-state index contributed by atoms with van der Waals surface area (Å²) in [5, 5.41) is 13.3. The van der Waals surface area contributed by atoms with Crippen LogP contribution in [-0.2, 0) is 24.3 Å². The van der Waals surface area contributed by atoms with E-state index in [1.807, 2.05) is 40.8 Å². The summed E-state index contributed by atoms with van der Waals surface area (Å²) >= 11 is 0. The van der Waals surface area contributed by atoms with E-state index in [0.717, 1.165) is 41.2 Å². The number of aryl methyl sites for hydroxylation is 3. The Labute approximate surface area is 155 Å². The molecule has 8 nitrogen and oxygen atoms in total. The van der Waals surface area contributed by atoms with Gasteiger partial charge in [-0.05, 0) is 37.6 Å². The maximum atomic E-state index is 13.0. The number of aromatic amines is 1. The fraction of sp³-hybridized carbons (Fsp3) is 0.368. The Morgan fingerprint density at radius 2 is 2.11 bits per heavy atom. The number of carbonyl (C=O) groups excluding carboxylic acids is 1. The lowest BCUT2D eigenvalue weighted by Gasteiger charge is -2.20. The minimum Gasteiger partial charge on any atom is -0.481 e. The van der Waals surface area contributed by atoms with Gasteiger partial charge < -0.3 is 15.0 Å². The van der Waals surface area contributed by atoms with E-state index < -0.39 is 5.97 Å². The molecule has 1 aliphatic heterocycles. The molecule has 4 rings (SSSR count). The lowest BCUT2D eigenvalue weighted by Crippen LogP contribution is -2.30. The topological polar surface area (TPSA) is 104 Å². The van der Waals surface area contributed by atoms with Crippen molar-refractivity contribution in [3.8, 4) is 0 Å². The van der Waals surface area contributed by atoms with Crippen LogP contribution in [0.25, 0.3) is 11.0 Å². The minimum absolute atomic E-state index is 0.0223. The first-order chi connectivity index (χ1) is 13.0. The van der Waals surface area contributed by atoms with Crippen LogP contribution in [0.1, 0.15) is 40.4 Å². The highest BCUT2D eigenvalue weighted by atomic mass is 16.4. The van der Waals surface area contributed by atoms with Crippen LogP contribution in [0.3, 0.4) is 0 Å². The van der Waals surface area contributed by atoms with E-state index in [-0.39, 0.29) is 12.3 Å². The number of hydrogen-bond acceptors (Lipinski definition) is 4. The van der Waals surface area contributed by atoms with Crippen molar-refractivity contribution >= 4 is 22.9 Å². The molecule has 2 aromatic heterocycles. The summed E-state index contributed by atoms with van der Waals surface area (Å²) in [7, 11) is 0. The maximum Gasteiger partial charge on any atom is 0.303 e. The number of rotatable bonds is 4. The number of fused-ring (bicyclic) bond motifs is 2. The number of amides is 1. The molecule has 0 atom stereocenters. The largest absolute Gasteiger partial charge is 0.481 e. The Morgan fingerprint density at radius 1 is 1.26 bits per heavy atom. The summed E-state index contributed by atoms with van der Waals surface area (Å²) < 4.78 is 1.89. The average Bonchev–Trinajstić information content (AvgIpc) is 3.14. The molecule has 140 valence electrons. The fourth-order valence-electron chi connectivity index (χ4n) is 3.51. The van der Waals surface area contributed by atoms with Crippen molar-refractivity contribution < 1.29 is 14.7 Å². The van der Waals surface area contributed by atoms with E-state index in [4.69, 9.17) is 5.11 Å². The lowest BCUT2D eigenvalue weighted by atomic mass is 10.1. The summed E-state index contributed by atoms with van der Waals surface area (Å²) in [6.07, 6.45) is 1.27. The molecule has 27 heavy (non-hydrogen) atoms. The summed E-state index contributed by atoms with van der Waals surface area (Å²) in [4.78, 5) is 33.2. The van der Waals surface area contributed by atoms with E-state index in [2.05, 4.69) is 15.1 Å². The van der Waals surface area contributed by atoms with Gasteiger partial charge >= 0.3 is 5.97 Å². The number of carbonyl (C=O) groups is 2.